The number of allylic oxidation sites excluding steroid dienone is 2. The predicted molar refractivity (Wildman–Crippen MR) is 119 cm³/mol. The molecule has 8 nitrogen and oxygen atoms in total. The lowest BCUT2D eigenvalue weighted by molar-refractivity contribution is -0.144. The highest BCUT2D eigenvalue weighted by atomic mass is 16.5. The Hall–Kier alpha value is -3.94. The van der Waals surface area contributed by atoms with E-state index in [1.54, 1.807) is 24.3 Å². The van der Waals surface area contributed by atoms with E-state index in [9.17, 15) is 24.9 Å². The van der Waals surface area contributed by atoms with Gasteiger partial charge in [-0.05, 0) is 51.5 Å². The molecule has 0 aliphatic rings. The van der Waals surface area contributed by atoms with Crippen molar-refractivity contribution in [3.05, 3.63) is 57.8 Å². The van der Waals surface area contributed by atoms with Crippen molar-refractivity contribution in [1.29, 1.82) is 0 Å². The third kappa shape index (κ3) is 4.39. The molecule has 32 heavy (non-hydrogen) atoms. The summed E-state index contributed by atoms with van der Waals surface area (Å²) in [5.41, 5.74) is 0.961. The predicted octanol–water partition coefficient (Wildman–Crippen LogP) is 4.24. The van der Waals surface area contributed by atoms with Gasteiger partial charge in [0.15, 0.2) is 11.9 Å². The van der Waals surface area contributed by atoms with E-state index in [1.807, 2.05) is 19.9 Å². The van der Waals surface area contributed by atoms with E-state index in [-0.39, 0.29) is 34.6 Å². The number of benzene rings is 2. The maximum atomic E-state index is 13.4. The van der Waals surface area contributed by atoms with Gasteiger partial charge < -0.3 is 29.2 Å². The molecule has 0 saturated carbocycles. The molecular weight excluding hydrogens is 416 g/mol. The Bertz CT molecular complexity index is 1250. The van der Waals surface area contributed by atoms with E-state index in [0.29, 0.717) is 16.9 Å². The standard InChI is InChI=1S/C24H24O8/c1-12(2)5-10-16-17(25)11-18(26)19-20(27)23(31-13(3)24(28)29)21(32-22(16)19)14-6-8-15(30-4)9-7-14/h5-9,11,13,25-26H,10H2,1-4H3,(H,28,29). The highest BCUT2D eigenvalue weighted by molar-refractivity contribution is 5.91. The summed E-state index contributed by atoms with van der Waals surface area (Å²) in [7, 11) is 1.51. The molecule has 168 valence electrons. The van der Waals surface area contributed by atoms with Gasteiger partial charge in [-0.2, -0.15) is 0 Å². The molecule has 3 rings (SSSR count). The van der Waals surface area contributed by atoms with Crippen molar-refractivity contribution < 1.29 is 34.0 Å². The Morgan fingerprint density at radius 3 is 2.38 bits per heavy atom. The van der Waals surface area contributed by atoms with E-state index < -0.39 is 23.3 Å². The van der Waals surface area contributed by atoms with E-state index in [1.165, 1.54) is 14.0 Å². The van der Waals surface area contributed by atoms with Gasteiger partial charge in [0, 0.05) is 17.2 Å². The molecule has 1 aromatic heterocycles. The number of phenols is 2. The molecule has 8 heteroatoms. The van der Waals surface area contributed by atoms with Crippen LogP contribution in [0.4, 0.5) is 0 Å². The molecule has 1 unspecified atom stereocenters. The Kier molecular flexibility index (Phi) is 6.43. The molecule has 1 atom stereocenters. The highest BCUT2D eigenvalue weighted by Crippen LogP contribution is 2.39. The average Bonchev–Trinajstić information content (AvgIpc) is 2.74. The van der Waals surface area contributed by atoms with Crippen LogP contribution in [0.2, 0.25) is 0 Å². The minimum Gasteiger partial charge on any atom is -0.507 e. The first-order valence-corrected chi connectivity index (χ1v) is 9.85. The van der Waals surface area contributed by atoms with Crippen LogP contribution >= 0.6 is 0 Å². The van der Waals surface area contributed by atoms with Crippen molar-refractivity contribution in [2.24, 2.45) is 0 Å². The van der Waals surface area contributed by atoms with E-state index >= 15 is 0 Å². The van der Waals surface area contributed by atoms with Crippen LogP contribution in [0.1, 0.15) is 26.3 Å². The summed E-state index contributed by atoms with van der Waals surface area (Å²) in [4.78, 5) is 24.7. The molecule has 0 spiro atoms. The number of carboxylic acid groups (broad SMARTS) is 1. The third-order valence-electron chi connectivity index (χ3n) is 4.89. The Morgan fingerprint density at radius 1 is 1.16 bits per heavy atom. The summed E-state index contributed by atoms with van der Waals surface area (Å²) in [5.74, 6) is -1.82. The molecule has 2 aromatic carbocycles. The van der Waals surface area contributed by atoms with Crippen LogP contribution in [-0.2, 0) is 11.2 Å². The second-order valence-electron chi connectivity index (χ2n) is 7.50. The summed E-state index contributed by atoms with van der Waals surface area (Å²) >= 11 is 0. The first kappa shape index (κ1) is 22.7. The van der Waals surface area contributed by atoms with Gasteiger partial charge in [0.05, 0.1) is 7.11 Å². The Labute approximate surface area is 184 Å². The summed E-state index contributed by atoms with van der Waals surface area (Å²) in [6.45, 7) is 5.05. The molecule has 3 N–H and O–H groups in total. The fraction of sp³-hybridized carbons (Fsp3) is 0.250. The van der Waals surface area contributed by atoms with Crippen molar-refractivity contribution in [3.8, 4) is 34.3 Å². The minimum atomic E-state index is -1.35. The maximum absolute atomic E-state index is 13.4. The molecular formula is C24H24O8. The van der Waals surface area contributed by atoms with Gasteiger partial charge in [-0.3, -0.25) is 4.79 Å². The van der Waals surface area contributed by atoms with Crippen LogP contribution in [0.5, 0.6) is 23.0 Å². The Morgan fingerprint density at radius 2 is 1.81 bits per heavy atom. The summed E-state index contributed by atoms with van der Waals surface area (Å²) < 4.78 is 16.6. The quantitative estimate of drug-likeness (QED) is 0.466. The Balaban J connectivity index is 2.38. The highest BCUT2D eigenvalue weighted by Gasteiger charge is 2.26. The number of aliphatic carboxylic acids is 1. The fourth-order valence-electron chi connectivity index (χ4n) is 3.14. The van der Waals surface area contributed by atoms with E-state index in [0.717, 1.165) is 11.6 Å². The molecule has 0 bridgehead atoms. The van der Waals surface area contributed by atoms with Gasteiger partial charge in [0.25, 0.3) is 0 Å². The fourth-order valence-corrected chi connectivity index (χ4v) is 3.14. The van der Waals surface area contributed by atoms with Gasteiger partial charge in [0.1, 0.15) is 28.2 Å². The van der Waals surface area contributed by atoms with Crippen LogP contribution < -0.4 is 14.9 Å². The van der Waals surface area contributed by atoms with Gasteiger partial charge in [-0.1, -0.05) is 11.6 Å². The summed E-state index contributed by atoms with van der Waals surface area (Å²) in [6, 6.07) is 7.60. The lowest BCUT2D eigenvalue weighted by Gasteiger charge is -2.16. The van der Waals surface area contributed by atoms with Crippen LogP contribution in [0.15, 0.2) is 51.2 Å². The normalized spacial score (nSPS) is 11.8. The summed E-state index contributed by atoms with van der Waals surface area (Å²) in [6.07, 6.45) is 0.744. The second-order valence-corrected chi connectivity index (χ2v) is 7.50. The molecule has 1 heterocycles. The largest absolute Gasteiger partial charge is 0.507 e. The molecule has 0 saturated heterocycles. The molecule has 0 fully saturated rings. The van der Waals surface area contributed by atoms with E-state index in [2.05, 4.69) is 0 Å². The number of fused-ring (bicyclic) bond motifs is 1. The van der Waals surface area contributed by atoms with Gasteiger partial charge in [-0.15, -0.1) is 0 Å². The molecule has 0 aliphatic carbocycles. The number of ether oxygens (including phenoxy) is 2. The first-order chi connectivity index (χ1) is 15.1. The van der Waals surface area contributed by atoms with Crippen molar-refractivity contribution in [1.82, 2.24) is 0 Å². The monoisotopic (exact) mass is 440 g/mol. The average molecular weight is 440 g/mol. The number of rotatable bonds is 7. The maximum Gasteiger partial charge on any atom is 0.344 e. The van der Waals surface area contributed by atoms with E-state index in [4.69, 9.17) is 13.9 Å². The number of carbonyl (C=O) groups is 1. The lowest BCUT2D eigenvalue weighted by atomic mass is 10.0. The SMILES string of the molecule is COc1ccc(-c2oc3c(CC=C(C)C)c(O)cc(O)c3c(=O)c2OC(C)C(=O)O)cc1. The van der Waals surface area contributed by atoms with Gasteiger partial charge in [-0.25, -0.2) is 4.79 Å². The lowest BCUT2D eigenvalue weighted by Crippen LogP contribution is -2.26. The number of hydrogen-bond donors (Lipinski definition) is 3. The zero-order valence-electron chi connectivity index (χ0n) is 18.1. The summed E-state index contributed by atoms with van der Waals surface area (Å²) in [5, 5.41) is 29.9. The zero-order valence-corrected chi connectivity index (χ0v) is 18.1. The van der Waals surface area contributed by atoms with Crippen LogP contribution in [-0.4, -0.2) is 34.5 Å². The van der Waals surface area contributed by atoms with Crippen molar-refractivity contribution >= 4 is 16.9 Å². The van der Waals surface area contributed by atoms with Crippen molar-refractivity contribution in [3.63, 3.8) is 0 Å². The van der Waals surface area contributed by atoms with Crippen molar-refractivity contribution in [2.75, 3.05) is 7.11 Å². The van der Waals surface area contributed by atoms with Crippen LogP contribution in [0, 0.1) is 0 Å². The number of aromatic hydroxyl groups is 2. The first-order valence-electron chi connectivity index (χ1n) is 9.85. The molecule has 0 aliphatic heterocycles. The second kappa shape index (κ2) is 9.05. The molecule has 0 radical (unpaired) electrons. The number of methoxy groups -OCH3 is 1. The van der Waals surface area contributed by atoms with Gasteiger partial charge >= 0.3 is 5.97 Å². The molecule has 0 amide bonds. The number of carboxylic acids is 1. The number of phenolic OH excluding ortho intramolecular Hbond substituents is 2. The van der Waals surface area contributed by atoms with Crippen molar-refractivity contribution in [2.45, 2.75) is 33.3 Å². The topological polar surface area (TPSA) is 126 Å². The third-order valence-corrected chi connectivity index (χ3v) is 4.89. The number of hydrogen-bond acceptors (Lipinski definition) is 7. The molecule has 3 aromatic rings. The van der Waals surface area contributed by atoms with Crippen LogP contribution in [0.3, 0.4) is 0 Å². The zero-order chi connectivity index (χ0) is 23.6. The van der Waals surface area contributed by atoms with Gasteiger partial charge in [0.2, 0.25) is 11.2 Å². The van der Waals surface area contributed by atoms with Crippen LogP contribution in [0.25, 0.3) is 22.3 Å². The minimum absolute atomic E-state index is 0.00820. The smallest absolute Gasteiger partial charge is 0.344 e.